The van der Waals surface area contributed by atoms with Crippen molar-refractivity contribution in [1.82, 2.24) is 5.43 Å². The zero-order valence-electron chi connectivity index (χ0n) is 15.4. The van der Waals surface area contributed by atoms with Crippen LogP contribution in [0.4, 0.5) is 5.69 Å². The Hall–Kier alpha value is -2.86. The number of nitrogens with zero attached hydrogens (tertiary/aromatic N) is 2. The molecule has 138 valence electrons. The zero-order valence-corrected chi connectivity index (χ0v) is 15.4. The molecular formula is C20H25N3O3. The molecule has 0 fully saturated rings. The maximum absolute atomic E-state index is 12.1. The number of aliphatic hydroxyl groups excluding tert-OH is 1. The Balaban J connectivity index is 2.02. The first kappa shape index (κ1) is 19.5. The van der Waals surface area contributed by atoms with E-state index in [0.29, 0.717) is 17.9 Å². The first-order valence-corrected chi connectivity index (χ1v) is 8.53. The second kappa shape index (κ2) is 9.58. The molecule has 6 heteroatoms. The van der Waals surface area contributed by atoms with Crippen LogP contribution in [0.2, 0.25) is 0 Å². The topological polar surface area (TPSA) is 74.2 Å². The van der Waals surface area contributed by atoms with Crippen LogP contribution in [0.3, 0.4) is 0 Å². The molecule has 0 unspecified atom stereocenters. The van der Waals surface area contributed by atoms with E-state index in [-0.39, 0.29) is 12.5 Å². The summed E-state index contributed by atoms with van der Waals surface area (Å²) in [4.78, 5) is 14.2. The van der Waals surface area contributed by atoms with Crippen molar-refractivity contribution in [2.24, 2.45) is 5.10 Å². The average Bonchev–Trinajstić information content (AvgIpc) is 2.67. The largest absolute Gasteiger partial charge is 0.497 e. The number of hydrogen-bond donors (Lipinski definition) is 2. The third kappa shape index (κ3) is 5.07. The van der Waals surface area contributed by atoms with Gasteiger partial charge in [-0.3, -0.25) is 4.79 Å². The van der Waals surface area contributed by atoms with Gasteiger partial charge in [0.15, 0.2) is 0 Å². The number of benzene rings is 2. The highest BCUT2D eigenvalue weighted by molar-refractivity contribution is 5.95. The van der Waals surface area contributed by atoms with E-state index in [2.05, 4.69) is 22.4 Å². The van der Waals surface area contributed by atoms with Gasteiger partial charge in [-0.2, -0.15) is 5.10 Å². The number of methoxy groups -OCH3 is 1. The summed E-state index contributed by atoms with van der Waals surface area (Å²) in [5.41, 5.74) is 6.06. The van der Waals surface area contributed by atoms with Gasteiger partial charge in [0.05, 0.1) is 19.9 Å². The predicted molar refractivity (Wildman–Crippen MR) is 104 cm³/mol. The van der Waals surface area contributed by atoms with Gasteiger partial charge in [0, 0.05) is 24.3 Å². The summed E-state index contributed by atoms with van der Waals surface area (Å²) >= 11 is 0. The maximum atomic E-state index is 12.1. The minimum atomic E-state index is -0.279. The lowest BCUT2D eigenvalue weighted by Gasteiger charge is -2.22. The van der Waals surface area contributed by atoms with Crippen molar-refractivity contribution in [3.8, 4) is 5.75 Å². The highest BCUT2D eigenvalue weighted by atomic mass is 16.5. The molecule has 0 aliphatic heterocycles. The number of rotatable bonds is 8. The summed E-state index contributed by atoms with van der Waals surface area (Å²) in [6.07, 6.45) is 1.63. The van der Waals surface area contributed by atoms with Gasteiger partial charge in [-0.25, -0.2) is 5.43 Å². The third-order valence-electron chi connectivity index (χ3n) is 4.09. The van der Waals surface area contributed by atoms with E-state index in [1.54, 1.807) is 37.6 Å². The number of carbonyl (C=O) groups excluding carboxylic acids is 1. The molecule has 0 heterocycles. The van der Waals surface area contributed by atoms with Gasteiger partial charge in [-0.05, 0) is 61.4 Å². The Morgan fingerprint density at radius 3 is 2.58 bits per heavy atom. The summed E-state index contributed by atoms with van der Waals surface area (Å²) < 4.78 is 5.07. The number of aliphatic hydroxyl groups is 1. The highest BCUT2D eigenvalue weighted by Gasteiger charge is 2.06. The molecule has 0 aliphatic carbocycles. The SMILES string of the molecule is CCN(CCO)c1ccc(/C=N\NC(=O)c2ccc(OC)cc2)c(C)c1. The predicted octanol–water partition coefficient (Wildman–Crippen LogP) is 2.59. The molecule has 0 bridgehead atoms. The smallest absolute Gasteiger partial charge is 0.271 e. The molecule has 0 saturated carbocycles. The van der Waals surface area contributed by atoms with E-state index in [1.807, 2.05) is 25.1 Å². The summed E-state index contributed by atoms with van der Waals surface area (Å²) in [6.45, 7) is 5.58. The molecule has 0 aliphatic rings. The Morgan fingerprint density at radius 1 is 1.27 bits per heavy atom. The van der Waals surface area contributed by atoms with Crippen LogP contribution in [0, 0.1) is 6.92 Å². The van der Waals surface area contributed by atoms with E-state index < -0.39 is 0 Å². The van der Waals surface area contributed by atoms with E-state index in [4.69, 9.17) is 9.84 Å². The minimum Gasteiger partial charge on any atom is -0.497 e. The average molecular weight is 355 g/mol. The number of hydrogen-bond acceptors (Lipinski definition) is 5. The fourth-order valence-corrected chi connectivity index (χ4v) is 2.56. The van der Waals surface area contributed by atoms with Crippen molar-refractivity contribution in [3.05, 3.63) is 59.2 Å². The van der Waals surface area contributed by atoms with E-state index in [1.165, 1.54) is 0 Å². The van der Waals surface area contributed by atoms with Crippen LogP contribution < -0.4 is 15.1 Å². The molecule has 2 rings (SSSR count). The van der Waals surface area contributed by atoms with Gasteiger partial charge in [0.25, 0.3) is 5.91 Å². The molecule has 6 nitrogen and oxygen atoms in total. The summed E-state index contributed by atoms with van der Waals surface area (Å²) in [5, 5.41) is 13.2. The molecule has 2 aromatic rings. The molecule has 2 aromatic carbocycles. The molecule has 0 radical (unpaired) electrons. The van der Waals surface area contributed by atoms with Crippen LogP contribution in [0.5, 0.6) is 5.75 Å². The molecule has 0 atom stereocenters. The first-order chi connectivity index (χ1) is 12.6. The number of hydrazone groups is 1. The molecule has 26 heavy (non-hydrogen) atoms. The molecule has 0 saturated heterocycles. The number of nitrogens with one attached hydrogen (secondary N) is 1. The minimum absolute atomic E-state index is 0.119. The van der Waals surface area contributed by atoms with Crippen LogP contribution in [0.15, 0.2) is 47.6 Å². The van der Waals surface area contributed by atoms with Crippen molar-refractivity contribution >= 4 is 17.8 Å². The van der Waals surface area contributed by atoms with Crippen LogP contribution in [-0.2, 0) is 0 Å². The summed E-state index contributed by atoms with van der Waals surface area (Å²) in [7, 11) is 1.58. The summed E-state index contributed by atoms with van der Waals surface area (Å²) in [6, 6.07) is 12.8. The lowest BCUT2D eigenvalue weighted by molar-refractivity contribution is 0.0955. The Labute approximate surface area is 154 Å². The van der Waals surface area contributed by atoms with Crippen LogP contribution in [0.25, 0.3) is 0 Å². The second-order valence-electron chi connectivity index (χ2n) is 5.77. The molecular weight excluding hydrogens is 330 g/mol. The lowest BCUT2D eigenvalue weighted by atomic mass is 10.1. The van der Waals surface area contributed by atoms with Gasteiger partial charge >= 0.3 is 0 Å². The van der Waals surface area contributed by atoms with Crippen LogP contribution in [0.1, 0.15) is 28.4 Å². The zero-order chi connectivity index (χ0) is 18.9. The molecule has 1 amide bonds. The number of ether oxygens (including phenoxy) is 1. The van der Waals surface area contributed by atoms with Gasteiger partial charge in [-0.1, -0.05) is 6.07 Å². The molecule has 2 N–H and O–H groups in total. The lowest BCUT2D eigenvalue weighted by Crippen LogP contribution is -2.26. The first-order valence-electron chi connectivity index (χ1n) is 8.53. The third-order valence-corrected chi connectivity index (χ3v) is 4.09. The normalized spacial score (nSPS) is 10.8. The fourth-order valence-electron chi connectivity index (χ4n) is 2.56. The molecule has 0 spiro atoms. The molecule has 0 aromatic heterocycles. The number of amides is 1. The monoisotopic (exact) mass is 355 g/mol. The standard InChI is InChI=1S/C20H25N3O3/c1-4-23(11-12-24)18-8-5-17(15(2)13-18)14-21-22-20(25)16-6-9-19(26-3)10-7-16/h5-10,13-14,24H,4,11-12H2,1-3H3,(H,22,25)/b21-14-. The van der Waals surface area contributed by atoms with Crippen LogP contribution >= 0.6 is 0 Å². The van der Waals surface area contributed by atoms with Crippen LogP contribution in [-0.4, -0.2) is 44.0 Å². The van der Waals surface area contributed by atoms with Crippen molar-refractivity contribution in [2.75, 3.05) is 31.7 Å². The number of aryl methyl sites for hydroxylation is 1. The highest BCUT2D eigenvalue weighted by Crippen LogP contribution is 2.18. The number of likely N-dealkylation sites (N-methyl/N-ethyl adjacent to an activating group) is 1. The maximum Gasteiger partial charge on any atom is 0.271 e. The summed E-state index contributed by atoms with van der Waals surface area (Å²) in [5.74, 6) is 0.418. The Kier molecular flexibility index (Phi) is 7.17. The quantitative estimate of drug-likeness (QED) is 0.564. The Bertz CT molecular complexity index is 757. The van der Waals surface area contributed by atoms with Crippen molar-refractivity contribution in [2.45, 2.75) is 13.8 Å². The van der Waals surface area contributed by atoms with Gasteiger partial charge in [-0.15, -0.1) is 0 Å². The van der Waals surface area contributed by atoms with Crippen molar-refractivity contribution < 1.29 is 14.6 Å². The van der Waals surface area contributed by atoms with Gasteiger partial charge in [0.2, 0.25) is 0 Å². The van der Waals surface area contributed by atoms with Gasteiger partial charge < -0.3 is 14.7 Å². The number of carbonyl (C=O) groups is 1. The van der Waals surface area contributed by atoms with Gasteiger partial charge in [0.1, 0.15) is 5.75 Å². The number of anilines is 1. The van der Waals surface area contributed by atoms with Crippen molar-refractivity contribution in [3.63, 3.8) is 0 Å². The fraction of sp³-hybridized carbons (Fsp3) is 0.300. The van der Waals surface area contributed by atoms with E-state index >= 15 is 0 Å². The van der Waals surface area contributed by atoms with E-state index in [0.717, 1.165) is 23.4 Å². The van der Waals surface area contributed by atoms with E-state index in [9.17, 15) is 4.79 Å². The Morgan fingerprint density at radius 2 is 2.00 bits per heavy atom. The van der Waals surface area contributed by atoms with Crippen molar-refractivity contribution in [1.29, 1.82) is 0 Å². The second-order valence-corrected chi connectivity index (χ2v) is 5.77.